The van der Waals surface area contributed by atoms with Gasteiger partial charge in [0.15, 0.2) is 0 Å². The van der Waals surface area contributed by atoms with Crippen LogP contribution in [0.15, 0.2) is 24.3 Å². The monoisotopic (exact) mass is 288 g/mol. The molecule has 5 heteroatoms. The maximum Gasteiger partial charge on any atom is 0.237 e. The van der Waals surface area contributed by atoms with Crippen LogP contribution in [0.3, 0.4) is 0 Å². The molecule has 21 heavy (non-hydrogen) atoms. The highest BCUT2D eigenvalue weighted by atomic mass is 16.2. The van der Waals surface area contributed by atoms with E-state index in [-0.39, 0.29) is 11.9 Å². The molecule has 2 saturated heterocycles. The number of hydrogen-bond donors (Lipinski definition) is 2. The van der Waals surface area contributed by atoms with Crippen molar-refractivity contribution in [1.29, 1.82) is 0 Å². The maximum atomic E-state index is 12.1. The zero-order valence-electron chi connectivity index (χ0n) is 12.4. The van der Waals surface area contributed by atoms with E-state index < -0.39 is 0 Å². The molecule has 2 aliphatic heterocycles. The number of benzene rings is 1. The topological polar surface area (TPSA) is 61.6 Å². The Bertz CT molecular complexity index is 497. The first-order valence-electron chi connectivity index (χ1n) is 7.87. The van der Waals surface area contributed by atoms with Gasteiger partial charge in [-0.2, -0.15) is 0 Å². The van der Waals surface area contributed by atoms with E-state index in [9.17, 15) is 4.79 Å². The minimum Gasteiger partial charge on any atom is -0.397 e. The standard InChI is InChI=1S/C16H24N4O/c17-13-5-1-2-6-14(13)19-9-11-20(12-10-19)15-7-3-4-8-18-16(15)21/h1-2,5-6,15H,3-4,7-12,17H2,(H,18,21). The van der Waals surface area contributed by atoms with E-state index in [1.807, 2.05) is 18.2 Å². The summed E-state index contributed by atoms with van der Waals surface area (Å²) in [5.41, 5.74) is 8.00. The first-order valence-corrected chi connectivity index (χ1v) is 7.87. The van der Waals surface area contributed by atoms with Crippen molar-refractivity contribution in [3.05, 3.63) is 24.3 Å². The molecule has 0 spiro atoms. The second kappa shape index (κ2) is 6.35. The van der Waals surface area contributed by atoms with Crippen molar-refractivity contribution in [3.63, 3.8) is 0 Å². The fraction of sp³-hybridized carbons (Fsp3) is 0.562. The van der Waals surface area contributed by atoms with E-state index in [0.717, 1.165) is 63.4 Å². The average Bonchev–Trinajstić information content (AvgIpc) is 2.73. The molecule has 114 valence electrons. The lowest BCUT2D eigenvalue weighted by Crippen LogP contribution is -2.54. The zero-order valence-corrected chi connectivity index (χ0v) is 12.4. The number of nitrogen functional groups attached to an aromatic ring is 1. The van der Waals surface area contributed by atoms with E-state index in [0.29, 0.717) is 0 Å². The number of nitrogens with two attached hydrogens (primary N) is 1. The third-order valence-corrected chi connectivity index (χ3v) is 4.54. The fourth-order valence-electron chi connectivity index (χ4n) is 3.32. The molecule has 3 N–H and O–H groups in total. The highest BCUT2D eigenvalue weighted by Gasteiger charge is 2.30. The van der Waals surface area contributed by atoms with Gasteiger partial charge in [-0.15, -0.1) is 0 Å². The molecule has 5 nitrogen and oxygen atoms in total. The lowest BCUT2D eigenvalue weighted by Gasteiger charge is -2.39. The summed E-state index contributed by atoms with van der Waals surface area (Å²) in [6, 6.07) is 8.06. The van der Waals surface area contributed by atoms with E-state index in [1.165, 1.54) is 0 Å². The molecule has 1 unspecified atom stereocenters. The Morgan fingerprint density at radius 3 is 2.62 bits per heavy atom. The first-order chi connectivity index (χ1) is 10.3. The summed E-state index contributed by atoms with van der Waals surface area (Å²) in [4.78, 5) is 16.8. The molecule has 1 amide bonds. The predicted octanol–water partition coefficient (Wildman–Crippen LogP) is 1.06. The number of hydrogen-bond acceptors (Lipinski definition) is 4. The number of carbonyl (C=O) groups is 1. The lowest BCUT2D eigenvalue weighted by atomic mass is 10.1. The van der Waals surface area contributed by atoms with Crippen molar-refractivity contribution < 1.29 is 4.79 Å². The number of nitrogens with one attached hydrogen (secondary N) is 1. The second-order valence-corrected chi connectivity index (χ2v) is 5.88. The van der Waals surface area contributed by atoms with Gasteiger partial charge in [-0.25, -0.2) is 0 Å². The molecule has 2 fully saturated rings. The largest absolute Gasteiger partial charge is 0.397 e. The van der Waals surface area contributed by atoms with Crippen molar-refractivity contribution in [3.8, 4) is 0 Å². The number of nitrogens with zero attached hydrogens (tertiary/aromatic N) is 2. The van der Waals surface area contributed by atoms with Crippen LogP contribution in [0.25, 0.3) is 0 Å². The summed E-state index contributed by atoms with van der Waals surface area (Å²) >= 11 is 0. The molecular formula is C16H24N4O. The molecule has 0 aliphatic carbocycles. The molecular weight excluding hydrogens is 264 g/mol. The number of para-hydroxylation sites is 2. The van der Waals surface area contributed by atoms with Crippen LogP contribution in [0.5, 0.6) is 0 Å². The van der Waals surface area contributed by atoms with Crippen LogP contribution in [0.4, 0.5) is 11.4 Å². The summed E-state index contributed by atoms with van der Waals surface area (Å²) in [6.45, 7) is 4.53. The second-order valence-electron chi connectivity index (χ2n) is 5.88. The summed E-state index contributed by atoms with van der Waals surface area (Å²) in [6.07, 6.45) is 3.22. The minimum atomic E-state index is 0.0581. The van der Waals surface area contributed by atoms with Gasteiger partial charge in [0, 0.05) is 32.7 Å². The highest BCUT2D eigenvalue weighted by Crippen LogP contribution is 2.24. The normalized spacial score (nSPS) is 24.5. The molecule has 2 aliphatic rings. The van der Waals surface area contributed by atoms with Gasteiger partial charge in [0.1, 0.15) is 0 Å². The smallest absolute Gasteiger partial charge is 0.237 e. The van der Waals surface area contributed by atoms with Crippen molar-refractivity contribution in [1.82, 2.24) is 10.2 Å². The number of anilines is 2. The van der Waals surface area contributed by atoms with Crippen LogP contribution in [0.2, 0.25) is 0 Å². The Morgan fingerprint density at radius 2 is 1.86 bits per heavy atom. The molecule has 0 radical (unpaired) electrons. The molecule has 3 rings (SSSR count). The average molecular weight is 288 g/mol. The summed E-state index contributed by atoms with van der Waals surface area (Å²) in [5.74, 6) is 0.208. The SMILES string of the molecule is Nc1ccccc1N1CCN(C2CCCCNC2=O)CC1. The van der Waals surface area contributed by atoms with Gasteiger partial charge < -0.3 is 16.0 Å². The van der Waals surface area contributed by atoms with Crippen LogP contribution in [-0.4, -0.2) is 49.6 Å². The number of carbonyl (C=O) groups excluding carboxylic acids is 1. The van der Waals surface area contributed by atoms with E-state index in [2.05, 4.69) is 21.2 Å². The third-order valence-electron chi connectivity index (χ3n) is 4.54. The summed E-state index contributed by atoms with van der Waals surface area (Å²) in [5, 5.41) is 3.03. The third kappa shape index (κ3) is 3.13. The van der Waals surface area contributed by atoms with Crippen molar-refractivity contribution in [2.24, 2.45) is 0 Å². The number of piperazine rings is 1. The van der Waals surface area contributed by atoms with Gasteiger partial charge in [0.2, 0.25) is 5.91 Å². The van der Waals surface area contributed by atoms with Gasteiger partial charge in [0.25, 0.3) is 0 Å². The molecule has 0 aromatic heterocycles. The van der Waals surface area contributed by atoms with Crippen molar-refractivity contribution in [2.45, 2.75) is 25.3 Å². The van der Waals surface area contributed by atoms with Crippen molar-refractivity contribution in [2.75, 3.05) is 43.4 Å². The van der Waals surface area contributed by atoms with Crippen molar-refractivity contribution >= 4 is 17.3 Å². The molecule has 1 atom stereocenters. The van der Waals surface area contributed by atoms with Crippen LogP contribution < -0.4 is 16.0 Å². The molecule has 1 aromatic rings. The Labute approximate surface area is 126 Å². The molecule has 0 bridgehead atoms. The first kappa shape index (κ1) is 14.2. The quantitative estimate of drug-likeness (QED) is 0.799. The zero-order chi connectivity index (χ0) is 14.7. The molecule has 1 aromatic carbocycles. The Hall–Kier alpha value is -1.75. The maximum absolute atomic E-state index is 12.1. The van der Waals surface area contributed by atoms with E-state index in [4.69, 9.17) is 5.73 Å². The highest BCUT2D eigenvalue weighted by molar-refractivity contribution is 5.82. The van der Waals surface area contributed by atoms with Gasteiger partial charge >= 0.3 is 0 Å². The predicted molar refractivity (Wildman–Crippen MR) is 85.3 cm³/mol. The van der Waals surface area contributed by atoms with Gasteiger partial charge in [-0.3, -0.25) is 9.69 Å². The van der Waals surface area contributed by atoms with Crippen LogP contribution >= 0.6 is 0 Å². The Kier molecular flexibility index (Phi) is 4.29. The fourth-order valence-corrected chi connectivity index (χ4v) is 3.32. The summed E-state index contributed by atoms with van der Waals surface area (Å²) < 4.78 is 0. The van der Waals surface area contributed by atoms with E-state index in [1.54, 1.807) is 0 Å². The minimum absolute atomic E-state index is 0.0581. The van der Waals surface area contributed by atoms with Gasteiger partial charge in [-0.1, -0.05) is 12.1 Å². The van der Waals surface area contributed by atoms with Gasteiger partial charge in [0.05, 0.1) is 17.4 Å². The van der Waals surface area contributed by atoms with Crippen LogP contribution in [0.1, 0.15) is 19.3 Å². The number of rotatable bonds is 2. The molecule has 0 saturated carbocycles. The number of amides is 1. The Morgan fingerprint density at radius 1 is 1.10 bits per heavy atom. The molecule has 2 heterocycles. The summed E-state index contributed by atoms with van der Waals surface area (Å²) in [7, 11) is 0. The lowest BCUT2D eigenvalue weighted by molar-refractivity contribution is -0.126. The van der Waals surface area contributed by atoms with Crippen LogP contribution in [0, 0.1) is 0 Å². The van der Waals surface area contributed by atoms with E-state index >= 15 is 0 Å². The van der Waals surface area contributed by atoms with Crippen LogP contribution in [-0.2, 0) is 4.79 Å². The van der Waals surface area contributed by atoms with Gasteiger partial charge in [-0.05, 0) is 31.4 Å². The Balaban J connectivity index is 1.62.